The van der Waals surface area contributed by atoms with Crippen molar-refractivity contribution < 1.29 is 35.9 Å². The van der Waals surface area contributed by atoms with E-state index in [2.05, 4.69) is 21.5 Å². The fourth-order valence-electron chi connectivity index (χ4n) is 5.98. The van der Waals surface area contributed by atoms with Crippen molar-refractivity contribution in [3.63, 3.8) is 0 Å². The molecule has 3 heterocycles. The van der Waals surface area contributed by atoms with Crippen LogP contribution in [0.5, 0.6) is 0 Å². The molecule has 3 N–H and O–H groups in total. The van der Waals surface area contributed by atoms with E-state index in [1.54, 1.807) is 12.1 Å². The number of carbonyl (C=O) groups is 1. The van der Waals surface area contributed by atoms with Gasteiger partial charge in [-0.25, -0.2) is 18.4 Å². The molecule has 0 unspecified atom stereocenters. The number of nitriles is 1. The highest BCUT2D eigenvalue weighted by molar-refractivity contribution is 8.24. The summed E-state index contributed by atoms with van der Waals surface area (Å²) in [6.07, 6.45) is -2.79. The molecule has 2 atom stereocenters. The fraction of sp³-hybridized carbons (Fsp3) is 0.467. The number of nitrogens with one attached hydrogen (secondary N) is 1. The Bertz CT molecular complexity index is 1610. The summed E-state index contributed by atoms with van der Waals surface area (Å²) in [4.78, 5) is 19.3. The minimum absolute atomic E-state index is 0.0319. The SMILES string of the molecule is N#CC1(NC(=O)[C@@H]2CCC(F)(F)C[C@H]2c2nn(-c3ccc(C(F)(F)F)cn3)cc2-c2ccc(N3CCS(O)(O)CC3)cc2)CC1. The number of anilines is 1. The van der Waals surface area contributed by atoms with E-state index in [-0.39, 0.29) is 29.4 Å². The minimum Gasteiger partial charge on any atom is -0.368 e. The van der Waals surface area contributed by atoms with E-state index in [9.17, 15) is 41.1 Å². The van der Waals surface area contributed by atoms with Crippen molar-refractivity contribution in [2.75, 3.05) is 29.5 Å². The van der Waals surface area contributed by atoms with Crippen molar-refractivity contribution in [3.05, 3.63) is 60.0 Å². The van der Waals surface area contributed by atoms with E-state index in [4.69, 9.17) is 0 Å². The lowest BCUT2D eigenvalue weighted by atomic mass is 9.74. The van der Waals surface area contributed by atoms with Crippen molar-refractivity contribution in [2.45, 2.75) is 55.7 Å². The molecule has 0 spiro atoms. The summed E-state index contributed by atoms with van der Waals surface area (Å²) in [6, 6.07) is 11.2. The highest BCUT2D eigenvalue weighted by Crippen LogP contribution is 2.48. The third kappa shape index (κ3) is 6.63. The first kappa shape index (κ1) is 31.3. The van der Waals surface area contributed by atoms with E-state index < -0.39 is 64.4 Å². The number of nitrogens with zero attached hydrogens (tertiary/aromatic N) is 5. The van der Waals surface area contributed by atoms with Crippen LogP contribution in [0.4, 0.5) is 27.6 Å². The Labute approximate surface area is 257 Å². The van der Waals surface area contributed by atoms with E-state index in [0.29, 0.717) is 43.3 Å². The van der Waals surface area contributed by atoms with Crippen LogP contribution >= 0.6 is 10.6 Å². The molecule has 2 saturated carbocycles. The molecular weight excluding hydrogens is 619 g/mol. The number of amides is 1. The highest BCUT2D eigenvalue weighted by Gasteiger charge is 2.50. The first-order valence-electron chi connectivity index (χ1n) is 14.5. The van der Waals surface area contributed by atoms with Crippen molar-refractivity contribution in [2.24, 2.45) is 5.92 Å². The quantitative estimate of drug-likeness (QED) is 0.271. The Kier molecular flexibility index (Phi) is 7.81. The summed E-state index contributed by atoms with van der Waals surface area (Å²) in [7, 11) is -2.59. The first-order chi connectivity index (χ1) is 21.2. The van der Waals surface area contributed by atoms with Crippen LogP contribution in [0.25, 0.3) is 16.9 Å². The molecule has 3 aliphatic rings. The largest absolute Gasteiger partial charge is 0.417 e. The summed E-state index contributed by atoms with van der Waals surface area (Å²) >= 11 is 0. The normalized spacial score (nSPS) is 24.4. The van der Waals surface area contributed by atoms with Gasteiger partial charge < -0.3 is 10.2 Å². The molecule has 1 aromatic carbocycles. The van der Waals surface area contributed by atoms with Gasteiger partial charge in [-0.3, -0.25) is 13.9 Å². The second-order valence-corrected chi connectivity index (χ2v) is 14.4. The van der Waals surface area contributed by atoms with Crippen LogP contribution in [-0.4, -0.2) is 65.8 Å². The predicted octanol–water partition coefficient (Wildman–Crippen LogP) is 6.22. The zero-order valence-electron chi connectivity index (χ0n) is 24.0. The van der Waals surface area contributed by atoms with Crippen LogP contribution in [0.15, 0.2) is 48.8 Å². The maximum atomic E-state index is 14.9. The summed E-state index contributed by atoms with van der Waals surface area (Å²) in [5.74, 6) is -5.03. The van der Waals surface area contributed by atoms with E-state index in [1.165, 1.54) is 10.9 Å². The maximum absolute atomic E-state index is 14.9. The van der Waals surface area contributed by atoms with Gasteiger partial charge >= 0.3 is 6.18 Å². The van der Waals surface area contributed by atoms with Crippen LogP contribution in [0, 0.1) is 17.2 Å². The average molecular weight is 651 g/mol. The first-order valence-corrected chi connectivity index (χ1v) is 16.4. The molecule has 6 rings (SSSR count). The molecule has 1 amide bonds. The number of pyridine rings is 1. The number of halogens is 5. The monoisotopic (exact) mass is 650 g/mol. The Hall–Kier alpha value is -3.74. The van der Waals surface area contributed by atoms with E-state index in [0.717, 1.165) is 17.8 Å². The molecule has 1 saturated heterocycles. The molecule has 3 fully saturated rings. The number of aromatic nitrogens is 3. The van der Waals surface area contributed by atoms with Crippen molar-refractivity contribution in [1.82, 2.24) is 20.1 Å². The Morgan fingerprint density at radius 2 is 1.76 bits per heavy atom. The molecule has 2 aromatic heterocycles. The summed E-state index contributed by atoms with van der Waals surface area (Å²) in [6.45, 7) is 0.894. The van der Waals surface area contributed by atoms with Crippen LogP contribution in [0.3, 0.4) is 0 Å². The van der Waals surface area contributed by atoms with Gasteiger partial charge in [-0.05, 0) is 49.1 Å². The minimum atomic E-state index is -4.60. The van der Waals surface area contributed by atoms with Gasteiger partial charge in [0.2, 0.25) is 11.8 Å². The number of alkyl halides is 5. The highest BCUT2D eigenvalue weighted by atomic mass is 32.3. The van der Waals surface area contributed by atoms with Gasteiger partial charge in [0, 0.05) is 61.4 Å². The molecule has 15 heteroatoms. The smallest absolute Gasteiger partial charge is 0.368 e. The average Bonchev–Trinajstić information content (AvgIpc) is 3.62. The lowest BCUT2D eigenvalue weighted by molar-refractivity contribution is -0.138. The fourth-order valence-corrected chi connectivity index (χ4v) is 7.21. The van der Waals surface area contributed by atoms with Gasteiger partial charge in [-0.1, -0.05) is 12.1 Å². The number of benzene rings is 1. The van der Waals surface area contributed by atoms with Crippen LogP contribution < -0.4 is 10.2 Å². The molecule has 2 aliphatic carbocycles. The van der Waals surface area contributed by atoms with Crippen molar-refractivity contribution in [3.8, 4) is 23.0 Å². The topological polar surface area (TPSA) is 127 Å². The van der Waals surface area contributed by atoms with Crippen molar-refractivity contribution >= 4 is 22.2 Å². The molecule has 3 aromatic rings. The van der Waals surface area contributed by atoms with Crippen LogP contribution in [0.1, 0.15) is 49.3 Å². The zero-order chi connectivity index (χ0) is 32.2. The molecule has 1 aliphatic heterocycles. The summed E-state index contributed by atoms with van der Waals surface area (Å²) in [5, 5.41) is 16.8. The molecular formula is C30H31F5N6O3S. The lowest BCUT2D eigenvalue weighted by Gasteiger charge is -2.41. The van der Waals surface area contributed by atoms with Crippen LogP contribution in [0.2, 0.25) is 0 Å². The maximum Gasteiger partial charge on any atom is 0.417 e. The van der Waals surface area contributed by atoms with Gasteiger partial charge in [-0.15, -0.1) is 0 Å². The van der Waals surface area contributed by atoms with Gasteiger partial charge in [-0.2, -0.15) is 34.1 Å². The summed E-state index contributed by atoms with van der Waals surface area (Å²) in [5.41, 5.74) is 0.0432. The molecule has 0 bridgehead atoms. The standard InChI is InChI=1S/C30H31F5N6O3S/c31-29(32)8-7-22(27(42)38-28(18-36)9-10-28)23(15-29)26-24(17-41(39-26)25-6-3-20(16-37-25)30(33,34)35)19-1-4-21(5-2-19)40-11-13-45(43,44)14-12-40/h1-6,16-17,22-23,43-44H,7-15H2,(H,38,42)/t22-,23-/m1/s1. The lowest BCUT2D eigenvalue weighted by Crippen LogP contribution is -2.45. The molecule has 45 heavy (non-hydrogen) atoms. The molecule has 9 nitrogen and oxygen atoms in total. The number of carbonyl (C=O) groups excluding carboxylic acids is 1. The molecule has 240 valence electrons. The Morgan fingerprint density at radius 1 is 1.07 bits per heavy atom. The van der Waals surface area contributed by atoms with E-state index in [1.807, 2.05) is 17.0 Å². The van der Waals surface area contributed by atoms with Crippen molar-refractivity contribution in [1.29, 1.82) is 5.26 Å². The molecule has 0 radical (unpaired) electrons. The van der Waals surface area contributed by atoms with Gasteiger partial charge in [0.25, 0.3) is 0 Å². The third-order valence-corrected chi connectivity index (χ3v) is 10.5. The van der Waals surface area contributed by atoms with Crippen LogP contribution in [-0.2, 0) is 11.0 Å². The van der Waals surface area contributed by atoms with Gasteiger partial charge in [0.15, 0.2) is 5.82 Å². The number of hydrogen-bond donors (Lipinski definition) is 3. The Morgan fingerprint density at radius 3 is 2.33 bits per heavy atom. The van der Waals surface area contributed by atoms with E-state index >= 15 is 0 Å². The third-order valence-electron chi connectivity index (χ3n) is 8.81. The Balaban J connectivity index is 1.38. The van der Waals surface area contributed by atoms with Gasteiger partial charge in [0.1, 0.15) is 5.54 Å². The second-order valence-electron chi connectivity index (χ2n) is 12.0. The zero-order valence-corrected chi connectivity index (χ0v) is 24.8. The summed E-state index contributed by atoms with van der Waals surface area (Å²) < 4.78 is 90.6. The predicted molar refractivity (Wildman–Crippen MR) is 157 cm³/mol. The second kappa shape index (κ2) is 11.3. The number of hydrogen-bond acceptors (Lipinski definition) is 7. The number of rotatable bonds is 6. The van der Waals surface area contributed by atoms with Gasteiger partial charge in [0.05, 0.1) is 28.8 Å².